The van der Waals surface area contributed by atoms with Crippen LogP contribution in [0, 0.1) is 0 Å². The van der Waals surface area contributed by atoms with Crippen molar-refractivity contribution in [1.82, 2.24) is 5.32 Å². The second-order valence-electron chi connectivity index (χ2n) is 3.69. The van der Waals surface area contributed by atoms with Crippen LogP contribution in [0.25, 0.3) is 0 Å². The first kappa shape index (κ1) is 15.1. The number of halogens is 1. The molecule has 1 rings (SSSR count). The summed E-state index contributed by atoms with van der Waals surface area (Å²) >= 11 is 3.53. The lowest BCUT2D eigenvalue weighted by Gasteiger charge is -2.14. The molecule has 4 heteroatoms. The van der Waals surface area contributed by atoms with Gasteiger partial charge in [-0.15, -0.1) is 6.58 Å². The Bertz CT molecular complexity index is 394. The lowest BCUT2D eigenvalue weighted by atomic mass is 10.2. The van der Waals surface area contributed by atoms with Crippen LogP contribution in [0.2, 0.25) is 0 Å². The van der Waals surface area contributed by atoms with Crippen LogP contribution in [0.15, 0.2) is 29.3 Å². The third kappa shape index (κ3) is 4.35. The number of hydrogen-bond acceptors (Lipinski definition) is 3. The van der Waals surface area contributed by atoms with Crippen molar-refractivity contribution < 1.29 is 9.47 Å². The van der Waals surface area contributed by atoms with Crippen molar-refractivity contribution in [1.29, 1.82) is 0 Å². The van der Waals surface area contributed by atoms with E-state index >= 15 is 0 Å². The molecule has 0 spiro atoms. The molecule has 0 amide bonds. The molecule has 0 aromatic heterocycles. The van der Waals surface area contributed by atoms with E-state index in [0.29, 0.717) is 13.2 Å². The molecule has 100 valence electrons. The smallest absolute Gasteiger partial charge is 0.175 e. The van der Waals surface area contributed by atoms with Crippen LogP contribution in [0.5, 0.6) is 11.5 Å². The summed E-state index contributed by atoms with van der Waals surface area (Å²) in [6.07, 6.45) is 1.84. The quantitative estimate of drug-likeness (QED) is 0.588. The highest BCUT2D eigenvalue weighted by Gasteiger charge is 2.11. The molecule has 18 heavy (non-hydrogen) atoms. The average Bonchev–Trinajstić information content (AvgIpc) is 2.34. The predicted octanol–water partition coefficient (Wildman–Crippen LogP) is 3.52. The maximum absolute atomic E-state index is 5.61. The van der Waals surface area contributed by atoms with Crippen LogP contribution in [-0.2, 0) is 6.54 Å². The van der Waals surface area contributed by atoms with E-state index in [-0.39, 0.29) is 0 Å². The summed E-state index contributed by atoms with van der Waals surface area (Å²) in [7, 11) is 0. The lowest BCUT2D eigenvalue weighted by Crippen LogP contribution is -2.13. The Kier molecular flexibility index (Phi) is 6.83. The number of rotatable bonds is 8. The first-order valence-electron chi connectivity index (χ1n) is 6.12. The zero-order valence-electron chi connectivity index (χ0n) is 11.0. The van der Waals surface area contributed by atoms with Gasteiger partial charge in [-0.3, -0.25) is 0 Å². The molecule has 0 aliphatic heterocycles. The molecule has 1 aromatic carbocycles. The van der Waals surface area contributed by atoms with Crippen molar-refractivity contribution in [2.45, 2.75) is 20.4 Å². The van der Waals surface area contributed by atoms with Gasteiger partial charge in [0.15, 0.2) is 11.5 Å². The van der Waals surface area contributed by atoms with E-state index in [1.807, 2.05) is 32.1 Å². The third-order valence-electron chi connectivity index (χ3n) is 2.28. The average molecular weight is 314 g/mol. The summed E-state index contributed by atoms with van der Waals surface area (Å²) in [5, 5.41) is 3.26. The number of ether oxygens (including phenoxy) is 2. The van der Waals surface area contributed by atoms with E-state index in [0.717, 1.165) is 34.6 Å². The zero-order valence-corrected chi connectivity index (χ0v) is 12.5. The van der Waals surface area contributed by atoms with Crippen molar-refractivity contribution in [3.05, 3.63) is 34.8 Å². The van der Waals surface area contributed by atoms with Crippen molar-refractivity contribution in [3.8, 4) is 11.5 Å². The van der Waals surface area contributed by atoms with Crippen LogP contribution < -0.4 is 14.8 Å². The molecular weight excluding hydrogens is 294 g/mol. The summed E-state index contributed by atoms with van der Waals surface area (Å²) in [6, 6.07) is 4.05. The summed E-state index contributed by atoms with van der Waals surface area (Å²) in [6.45, 7) is 10.4. The minimum absolute atomic E-state index is 0.618. The van der Waals surface area contributed by atoms with Crippen LogP contribution in [0.3, 0.4) is 0 Å². The van der Waals surface area contributed by atoms with Crippen molar-refractivity contribution >= 4 is 15.9 Å². The van der Waals surface area contributed by atoms with Gasteiger partial charge in [-0.05, 0) is 47.5 Å². The molecule has 0 saturated heterocycles. The van der Waals surface area contributed by atoms with E-state index in [2.05, 4.69) is 27.8 Å². The van der Waals surface area contributed by atoms with Crippen molar-refractivity contribution in [3.63, 3.8) is 0 Å². The molecular formula is C14H20BrNO2. The maximum atomic E-state index is 5.61. The molecule has 3 nitrogen and oxygen atoms in total. The Labute approximate surface area is 117 Å². The molecule has 0 unspecified atom stereocenters. The van der Waals surface area contributed by atoms with E-state index in [1.165, 1.54) is 0 Å². The van der Waals surface area contributed by atoms with Crippen LogP contribution >= 0.6 is 15.9 Å². The maximum Gasteiger partial charge on any atom is 0.175 e. The van der Waals surface area contributed by atoms with Crippen molar-refractivity contribution in [2.75, 3.05) is 19.8 Å². The van der Waals surface area contributed by atoms with Crippen LogP contribution in [-0.4, -0.2) is 19.8 Å². The third-order valence-corrected chi connectivity index (χ3v) is 2.86. The molecule has 1 N–H and O–H groups in total. The molecule has 0 heterocycles. The van der Waals surface area contributed by atoms with Gasteiger partial charge in [-0.2, -0.15) is 0 Å². The number of nitrogens with one attached hydrogen (secondary N) is 1. The van der Waals surface area contributed by atoms with Gasteiger partial charge in [0.1, 0.15) is 0 Å². The second-order valence-corrected chi connectivity index (χ2v) is 4.54. The SMILES string of the molecule is C=CCNCc1cc(Br)c(OCC)c(OCC)c1. The van der Waals surface area contributed by atoms with Gasteiger partial charge in [0.2, 0.25) is 0 Å². The minimum Gasteiger partial charge on any atom is -0.490 e. The van der Waals surface area contributed by atoms with Gasteiger partial charge >= 0.3 is 0 Å². The fourth-order valence-electron chi connectivity index (χ4n) is 1.59. The monoisotopic (exact) mass is 313 g/mol. The van der Waals surface area contributed by atoms with Crippen LogP contribution in [0.4, 0.5) is 0 Å². The molecule has 0 atom stereocenters. The highest BCUT2D eigenvalue weighted by atomic mass is 79.9. The fraction of sp³-hybridized carbons (Fsp3) is 0.429. The predicted molar refractivity (Wildman–Crippen MR) is 78.4 cm³/mol. The first-order chi connectivity index (χ1) is 8.72. The molecule has 0 aliphatic carbocycles. The van der Waals surface area contributed by atoms with Crippen LogP contribution in [0.1, 0.15) is 19.4 Å². The number of hydrogen-bond donors (Lipinski definition) is 1. The van der Waals surface area contributed by atoms with E-state index in [9.17, 15) is 0 Å². The standard InChI is InChI=1S/C14H20BrNO2/c1-4-7-16-10-11-8-12(15)14(18-6-3)13(9-11)17-5-2/h4,8-9,16H,1,5-7,10H2,2-3H3. The summed E-state index contributed by atoms with van der Waals surface area (Å²) in [4.78, 5) is 0. The second kappa shape index (κ2) is 8.16. The Morgan fingerprint density at radius 1 is 1.28 bits per heavy atom. The summed E-state index contributed by atoms with van der Waals surface area (Å²) in [5.41, 5.74) is 1.15. The number of benzene rings is 1. The fourth-order valence-corrected chi connectivity index (χ4v) is 2.19. The minimum atomic E-state index is 0.618. The lowest BCUT2D eigenvalue weighted by molar-refractivity contribution is 0.286. The Morgan fingerprint density at radius 2 is 2.00 bits per heavy atom. The Hall–Kier alpha value is -1.00. The molecule has 0 bridgehead atoms. The highest BCUT2D eigenvalue weighted by Crippen LogP contribution is 2.36. The largest absolute Gasteiger partial charge is 0.490 e. The molecule has 0 saturated carbocycles. The van der Waals surface area contributed by atoms with Gasteiger partial charge in [-0.25, -0.2) is 0 Å². The topological polar surface area (TPSA) is 30.5 Å². The molecule has 0 radical (unpaired) electrons. The van der Waals surface area contributed by atoms with Crippen molar-refractivity contribution in [2.24, 2.45) is 0 Å². The van der Waals surface area contributed by atoms with Gasteiger partial charge in [0.05, 0.1) is 17.7 Å². The van der Waals surface area contributed by atoms with E-state index < -0.39 is 0 Å². The molecule has 1 aromatic rings. The normalized spacial score (nSPS) is 10.2. The molecule has 0 fully saturated rings. The summed E-state index contributed by atoms with van der Waals surface area (Å²) < 4.78 is 12.1. The highest BCUT2D eigenvalue weighted by molar-refractivity contribution is 9.10. The van der Waals surface area contributed by atoms with E-state index in [4.69, 9.17) is 9.47 Å². The van der Waals surface area contributed by atoms with Gasteiger partial charge < -0.3 is 14.8 Å². The van der Waals surface area contributed by atoms with Gasteiger partial charge in [-0.1, -0.05) is 6.08 Å². The molecule has 0 aliphatic rings. The summed E-state index contributed by atoms with van der Waals surface area (Å²) in [5.74, 6) is 1.55. The Morgan fingerprint density at radius 3 is 2.61 bits per heavy atom. The van der Waals surface area contributed by atoms with E-state index in [1.54, 1.807) is 0 Å². The van der Waals surface area contributed by atoms with Gasteiger partial charge in [0.25, 0.3) is 0 Å². The Balaban J connectivity index is 2.91. The zero-order chi connectivity index (χ0) is 13.4. The van der Waals surface area contributed by atoms with Gasteiger partial charge in [0, 0.05) is 13.1 Å². The first-order valence-corrected chi connectivity index (χ1v) is 6.91.